The lowest BCUT2D eigenvalue weighted by atomic mass is 9.98. The van der Waals surface area contributed by atoms with E-state index in [-0.39, 0.29) is 0 Å². The third kappa shape index (κ3) is 6.65. The maximum Gasteiger partial charge on any atom is 0.0542 e. The fourth-order valence-electron chi connectivity index (χ4n) is 9.11. The van der Waals surface area contributed by atoms with Crippen molar-refractivity contribution in [2.24, 2.45) is 0 Å². The highest BCUT2D eigenvalue weighted by atomic mass is 15.1. The van der Waals surface area contributed by atoms with Gasteiger partial charge in [-0.1, -0.05) is 182 Å². The van der Waals surface area contributed by atoms with Gasteiger partial charge >= 0.3 is 0 Å². The topological polar surface area (TPSA) is 6.48 Å². The maximum absolute atomic E-state index is 2.43. The zero-order valence-corrected chi connectivity index (χ0v) is 33.9. The minimum atomic E-state index is 1.11. The molecule has 61 heavy (non-hydrogen) atoms. The van der Waals surface area contributed by atoms with Crippen molar-refractivity contribution >= 4 is 77.2 Å². The van der Waals surface area contributed by atoms with Crippen LogP contribution in [0.3, 0.4) is 0 Å². The summed E-state index contributed by atoms with van der Waals surface area (Å²) in [6.07, 6.45) is 0. The van der Waals surface area contributed by atoms with Crippen molar-refractivity contribution in [2.45, 2.75) is 6.92 Å². The molecule has 0 bridgehead atoms. The van der Waals surface area contributed by atoms with Crippen LogP contribution < -0.4 is 9.80 Å². The Balaban J connectivity index is 0.920. The lowest BCUT2D eigenvalue weighted by molar-refractivity contribution is 1.30. The van der Waals surface area contributed by atoms with Gasteiger partial charge in [0.2, 0.25) is 0 Å². The van der Waals surface area contributed by atoms with Gasteiger partial charge in [-0.2, -0.15) is 0 Å². The number of benzene rings is 11. The van der Waals surface area contributed by atoms with Gasteiger partial charge in [-0.3, -0.25) is 0 Å². The molecule has 0 heterocycles. The van der Waals surface area contributed by atoms with E-state index in [9.17, 15) is 0 Å². The second-order valence-corrected chi connectivity index (χ2v) is 15.8. The molecule has 0 radical (unpaired) electrons. The van der Waals surface area contributed by atoms with Gasteiger partial charge in [-0.15, -0.1) is 0 Å². The predicted molar refractivity (Wildman–Crippen MR) is 261 cm³/mol. The van der Waals surface area contributed by atoms with E-state index in [0.717, 1.165) is 28.4 Å². The smallest absolute Gasteiger partial charge is 0.0542 e. The maximum atomic E-state index is 2.43. The Kier molecular flexibility index (Phi) is 9.09. The standard InChI is InChI=1S/C59H42N2/c1-41-12-8-19-49-20-11-25-58(59(41)49)61(57-24-10-18-48-15-5-7-22-55(48)57)52-37-32-46(33-38-52)44-28-26-43(27-29-44)45-30-35-51(36-31-45)60(53-39-34-42-13-2-3-16-50(42)40-53)56-23-9-17-47-14-4-6-21-54(47)56/h2-40H,1H3. The van der Waals surface area contributed by atoms with E-state index in [1.54, 1.807) is 0 Å². The van der Waals surface area contributed by atoms with Crippen LogP contribution in [0.2, 0.25) is 0 Å². The normalized spacial score (nSPS) is 11.4. The first-order valence-corrected chi connectivity index (χ1v) is 21.0. The summed E-state index contributed by atoms with van der Waals surface area (Å²) in [5.74, 6) is 0. The van der Waals surface area contributed by atoms with Gasteiger partial charge in [0.25, 0.3) is 0 Å². The Morgan fingerprint density at radius 1 is 0.262 bits per heavy atom. The van der Waals surface area contributed by atoms with E-state index < -0.39 is 0 Å². The number of fused-ring (bicyclic) bond motifs is 4. The molecule has 0 aliphatic heterocycles. The fraction of sp³-hybridized carbons (Fsp3) is 0.0169. The first-order valence-electron chi connectivity index (χ1n) is 21.0. The third-order valence-corrected chi connectivity index (χ3v) is 12.1. The van der Waals surface area contributed by atoms with Crippen molar-refractivity contribution < 1.29 is 0 Å². The Labute approximate surface area is 356 Å². The molecule has 0 unspecified atom stereocenters. The van der Waals surface area contributed by atoms with Crippen LogP contribution in [0.5, 0.6) is 0 Å². The predicted octanol–water partition coefficient (Wildman–Crippen LogP) is 16.9. The molecule has 11 rings (SSSR count). The largest absolute Gasteiger partial charge is 0.310 e. The average Bonchev–Trinajstić information content (AvgIpc) is 3.32. The van der Waals surface area contributed by atoms with Crippen molar-refractivity contribution in [3.8, 4) is 22.3 Å². The average molecular weight is 779 g/mol. The summed E-state index contributed by atoms with van der Waals surface area (Å²) in [6, 6.07) is 86.0. The van der Waals surface area contributed by atoms with Crippen LogP contribution in [0.15, 0.2) is 237 Å². The molecule has 288 valence electrons. The summed E-state index contributed by atoms with van der Waals surface area (Å²) in [6.45, 7) is 2.21. The molecule has 0 aliphatic rings. The molecular formula is C59H42N2. The van der Waals surface area contributed by atoms with Crippen molar-refractivity contribution in [1.82, 2.24) is 0 Å². The molecule has 11 aromatic carbocycles. The van der Waals surface area contributed by atoms with Crippen LogP contribution in [-0.2, 0) is 0 Å². The molecule has 0 saturated carbocycles. The summed E-state index contributed by atoms with van der Waals surface area (Å²) < 4.78 is 0. The highest BCUT2D eigenvalue weighted by molar-refractivity contribution is 6.06. The summed E-state index contributed by atoms with van der Waals surface area (Å²) in [7, 11) is 0. The highest BCUT2D eigenvalue weighted by Gasteiger charge is 2.19. The van der Waals surface area contributed by atoms with Crippen molar-refractivity contribution in [2.75, 3.05) is 9.80 Å². The molecule has 0 atom stereocenters. The van der Waals surface area contributed by atoms with Crippen molar-refractivity contribution in [3.63, 3.8) is 0 Å². The molecule has 2 nitrogen and oxygen atoms in total. The molecule has 0 aliphatic carbocycles. The van der Waals surface area contributed by atoms with Crippen molar-refractivity contribution in [3.05, 3.63) is 242 Å². The third-order valence-electron chi connectivity index (χ3n) is 12.1. The molecule has 0 N–H and O–H groups in total. The van der Waals surface area contributed by atoms with Crippen LogP contribution >= 0.6 is 0 Å². The molecule has 0 saturated heterocycles. The Bertz CT molecular complexity index is 3350. The quantitative estimate of drug-likeness (QED) is 0.152. The lowest BCUT2D eigenvalue weighted by Gasteiger charge is -2.29. The highest BCUT2D eigenvalue weighted by Crippen LogP contribution is 2.44. The van der Waals surface area contributed by atoms with Gasteiger partial charge in [0.15, 0.2) is 0 Å². The summed E-state index contributed by atoms with van der Waals surface area (Å²) in [5, 5.41) is 9.84. The Morgan fingerprint density at radius 2 is 0.656 bits per heavy atom. The second-order valence-electron chi connectivity index (χ2n) is 15.8. The van der Waals surface area contributed by atoms with Gasteiger partial charge in [0.1, 0.15) is 0 Å². The first kappa shape index (κ1) is 36.2. The molecule has 0 aromatic heterocycles. The molecule has 11 aromatic rings. The van der Waals surface area contributed by atoms with Crippen LogP contribution in [0.4, 0.5) is 34.1 Å². The van der Waals surface area contributed by atoms with Crippen LogP contribution in [-0.4, -0.2) is 0 Å². The van der Waals surface area contributed by atoms with E-state index in [1.807, 2.05) is 0 Å². The summed E-state index contributed by atoms with van der Waals surface area (Å²) in [4.78, 5) is 4.81. The number of rotatable bonds is 8. The summed E-state index contributed by atoms with van der Waals surface area (Å²) >= 11 is 0. The van der Waals surface area contributed by atoms with E-state index in [4.69, 9.17) is 0 Å². The Morgan fingerprint density at radius 3 is 1.23 bits per heavy atom. The van der Waals surface area contributed by atoms with Crippen LogP contribution in [0.1, 0.15) is 5.56 Å². The fourth-order valence-corrected chi connectivity index (χ4v) is 9.11. The van der Waals surface area contributed by atoms with E-state index in [0.29, 0.717) is 0 Å². The van der Waals surface area contributed by atoms with E-state index in [2.05, 4.69) is 253 Å². The number of hydrogen-bond donors (Lipinski definition) is 0. The molecule has 0 fully saturated rings. The minimum absolute atomic E-state index is 1.11. The van der Waals surface area contributed by atoms with Crippen LogP contribution in [0, 0.1) is 6.92 Å². The van der Waals surface area contributed by atoms with E-state index in [1.165, 1.54) is 76.6 Å². The zero-order chi connectivity index (χ0) is 40.7. The Hall–Kier alpha value is -7.94. The molecule has 0 amide bonds. The monoisotopic (exact) mass is 778 g/mol. The number of aryl methyl sites for hydroxylation is 1. The first-order chi connectivity index (χ1) is 30.2. The second kappa shape index (κ2) is 15.3. The lowest BCUT2D eigenvalue weighted by Crippen LogP contribution is -2.11. The molecular weight excluding hydrogens is 737 g/mol. The van der Waals surface area contributed by atoms with Crippen LogP contribution in [0.25, 0.3) is 65.3 Å². The number of nitrogens with zero attached hydrogens (tertiary/aromatic N) is 2. The van der Waals surface area contributed by atoms with Gasteiger partial charge in [0.05, 0.1) is 17.1 Å². The molecule has 2 heteroatoms. The number of anilines is 6. The van der Waals surface area contributed by atoms with E-state index >= 15 is 0 Å². The zero-order valence-electron chi connectivity index (χ0n) is 33.9. The van der Waals surface area contributed by atoms with Gasteiger partial charge in [-0.25, -0.2) is 0 Å². The van der Waals surface area contributed by atoms with Gasteiger partial charge in [0, 0.05) is 33.2 Å². The number of hydrogen-bond acceptors (Lipinski definition) is 2. The van der Waals surface area contributed by atoms with Gasteiger partial charge in [-0.05, 0) is 116 Å². The van der Waals surface area contributed by atoms with Crippen molar-refractivity contribution in [1.29, 1.82) is 0 Å². The summed E-state index contributed by atoms with van der Waals surface area (Å²) in [5.41, 5.74) is 12.8. The SMILES string of the molecule is Cc1cccc2cccc(N(c3ccc(-c4ccc(-c5ccc(N(c6ccc7ccccc7c6)c6cccc7ccccc67)cc5)cc4)cc3)c3cccc4ccccc34)c12. The van der Waals surface area contributed by atoms with Gasteiger partial charge < -0.3 is 9.80 Å². The minimum Gasteiger partial charge on any atom is -0.310 e. The molecule has 0 spiro atoms.